The van der Waals surface area contributed by atoms with Crippen molar-refractivity contribution in [1.82, 2.24) is 14.9 Å². The molecule has 2 aromatic heterocycles. The molecule has 6 nitrogen and oxygen atoms in total. The number of ether oxygens (including phenoxy) is 1. The molecule has 0 unspecified atom stereocenters. The van der Waals surface area contributed by atoms with Crippen LogP contribution in [0.15, 0.2) is 66.9 Å². The molecule has 0 spiro atoms. The Balaban J connectivity index is 1.31. The lowest BCUT2D eigenvalue weighted by atomic mass is 9.92. The first-order valence-electron chi connectivity index (χ1n) is 10.7. The number of carbonyl (C=O) groups is 1. The van der Waals surface area contributed by atoms with Gasteiger partial charge in [0, 0.05) is 35.5 Å². The Morgan fingerprint density at radius 3 is 2.65 bits per heavy atom. The molecule has 0 bridgehead atoms. The van der Waals surface area contributed by atoms with Crippen molar-refractivity contribution >= 4 is 11.7 Å². The van der Waals surface area contributed by atoms with Crippen LogP contribution in [0.1, 0.15) is 35.7 Å². The van der Waals surface area contributed by atoms with Crippen LogP contribution in [0, 0.1) is 0 Å². The minimum Gasteiger partial charge on any atom is -0.496 e. The Kier molecular flexibility index (Phi) is 6.89. The van der Waals surface area contributed by atoms with Gasteiger partial charge in [0.1, 0.15) is 11.6 Å². The lowest BCUT2D eigenvalue weighted by Gasteiger charge is -2.31. The first kappa shape index (κ1) is 21.0. The number of benzene rings is 1. The number of aromatic nitrogens is 2. The molecule has 0 aliphatic carbocycles. The number of rotatable bonds is 7. The SMILES string of the molecule is COc1ccccc1Cc1cccc(C2CCN(CC(=O)Nc3ccccn3)CC2)n1. The monoisotopic (exact) mass is 416 g/mol. The highest BCUT2D eigenvalue weighted by molar-refractivity contribution is 5.91. The summed E-state index contributed by atoms with van der Waals surface area (Å²) in [5.74, 6) is 1.90. The van der Waals surface area contributed by atoms with Gasteiger partial charge < -0.3 is 10.1 Å². The number of nitrogens with one attached hydrogen (secondary N) is 1. The number of carbonyl (C=O) groups excluding carboxylic acids is 1. The molecule has 0 saturated carbocycles. The molecule has 160 valence electrons. The summed E-state index contributed by atoms with van der Waals surface area (Å²) in [5, 5.41) is 2.86. The van der Waals surface area contributed by atoms with Gasteiger partial charge in [0.15, 0.2) is 0 Å². The third-order valence-electron chi connectivity index (χ3n) is 5.70. The summed E-state index contributed by atoms with van der Waals surface area (Å²) in [6.07, 6.45) is 4.43. The number of piperidine rings is 1. The van der Waals surface area contributed by atoms with Crippen molar-refractivity contribution in [2.45, 2.75) is 25.2 Å². The molecule has 1 aliphatic rings. The van der Waals surface area contributed by atoms with Gasteiger partial charge >= 0.3 is 0 Å². The topological polar surface area (TPSA) is 67.3 Å². The summed E-state index contributed by atoms with van der Waals surface area (Å²) in [6, 6.07) is 19.9. The maximum absolute atomic E-state index is 12.3. The minimum absolute atomic E-state index is 0.0194. The van der Waals surface area contributed by atoms with E-state index < -0.39 is 0 Å². The van der Waals surface area contributed by atoms with Crippen LogP contribution in [-0.2, 0) is 11.2 Å². The Labute approximate surface area is 183 Å². The number of amides is 1. The summed E-state index contributed by atoms with van der Waals surface area (Å²) in [4.78, 5) is 23.6. The lowest BCUT2D eigenvalue weighted by Crippen LogP contribution is -2.39. The van der Waals surface area contributed by atoms with Gasteiger partial charge in [0.2, 0.25) is 5.91 Å². The highest BCUT2D eigenvalue weighted by Gasteiger charge is 2.23. The van der Waals surface area contributed by atoms with E-state index >= 15 is 0 Å². The molecule has 6 heteroatoms. The van der Waals surface area contributed by atoms with E-state index in [0.29, 0.717) is 18.3 Å². The third kappa shape index (κ3) is 5.67. The number of para-hydroxylation sites is 1. The molecule has 4 rings (SSSR count). The van der Waals surface area contributed by atoms with Gasteiger partial charge in [-0.2, -0.15) is 0 Å². The normalized spacial score (nSPS) is 14.9. The molecule has 1 amide bonds. The van der Waals surface area contributed by atoms with Gasteiger partial charge in [-0.05, 0) is 56.3 Å². The van der Waals surface area contributed by atoms with Gasteiger partial charge in [-0.25, -0.2) is 4.98 Å². The maximum atomic E-state index is 12.3. The fourth-order valence-corrected chi connectivity index (χ4v) is 4.08. The molecule has 1 aromatic carbocycles. The molecule has 3 heterocycles. The fraction of sp³-hybridized carbons (Fsp3) is 0.320. The molecule has 1 saturated heterocycles. The highest BCUT2D eigenvalue weighted by Crippen LogP contribution is 2.27. The molecule has 0 radical (unpaired) electrons. The van der Waals surface area contributed by atoms with E-state index in [-0.39, 0.29) is 5.91 Å². The summed E-state index contributed by atoms with van der Waals surface area (Å²) in [5.41, 5.74) is 3.34. The van der Waals surface area contributed by atoms with Crippen LogP contribution in [0.3, 0.4) is 0 Å². The van der Waals surface area contributed by atoms with Crippen molar-refractivity contribution in [2.75, 3.05) is 32.1 Å². The van der Waals surface area contributed by atoms with Crippen molar-refractivity contribution < 1.29 is 9.53 Å². The second-order valence-electron chi connectivity index (χ2n) is 7.86. The van der Waals surface area contributed by atoms with Crippen LogP contribution in [0.4, 0.5) is 5.82 Å². The number of anilines is 1. The summed E-state index contributed by atoms with van der Waals surface area (Å²) < 4.78 is 5.48. The van der Waals surface area contributed by atoms with Crippen molar-refractivity contribution in [3.63, 3.8) is 0 Å². The second-order valence-corrected chi connectivity index (χ2v) is 7.86. The van der Waals surface area contributed by atoms with Crippen LogP contribution < -0.4 is 10.1 Å². The van der Waals surface area contributed by atoms with E-state index in [2.05, 4.69) is 39.5 Å². The quantitative estimate of drug-likeness (QED) is 0.633. The van der Waals surface area contributed by atoms with Crippen LogP contribution in [0.2, 0.25) is 0 Å². The van der Waals surface area contributed by atoms with E-state index in [1.807, 2.05) is 30.3 Å². The maximum Gasteiger partial charge on any atom is 0.239 e. The Morgan fingerprint density at radius 1 is 1.06 bits per heavy atom. The molecular weight excluding hydrogens is 388 g/mol. The van der Waals surface area contributed by atoms with Crippen LogP contribution in [-0.4, -0.2) is 47.5 Å². The lowest BCUT2D eigenvalue weighted by molar-refractivity contribution is -0.117. The zero-order chi connectivity index (χ0) is 21.5. The molecule has 0 atom stereocenters. The molecule has 1 aliphatic heterocycles. The Bertz CT molecular complexity index is 1000. The molecule has 31 heavy (non-hydrogen) atoms. The first-order chi connectivity index (χ1) is 15.2. The average Bonchev–Trinajstić information content (AvgIpc) is 2.81. The van der Waals surface area contributed by atoms with Gasteiger partial charge in [-0.15, -0.1) is 0 Å². The fourth-order valence-electron chi connectivity index (χ4n) is 4.08. The number of hydrogen-bond acceptors (Lipinski definition) is 5. The van der Waals surface area contributed by atoms with Crippen molar-refractivity contribution in [3.05, 3.63) is 83.8 Å². The number of nitrogens with zero attached hydrogens (tertiary/aromatic N) is 3. The predicted molar refractivity (Wildman–Crippen MR) is 121 cm³/mol. The highest BCUT2D eigenvalue weighted by atomic mass is 16.5. The van der Waals surface area contributed by atoms with Crippen LogP contribution in [0.5, 0.6) is 5.75 Å². The average molecular weight is 417 g/mol. The third-order valence-corrected chi connectivity index (χ3v) is 5.70. The van der Waals surface area contributed by atoms with Crippen LogP contribution in [0.25, 0.3) is 0 Å². The van der Waals surface area contributed by atoms with Gasteiger partial charge in [0.05, 0.1) is 13.7 Å². The van der Waals surface area contributed by atoms with Crippen LogP contribution >= 0.6 is 0 Å². The second kappa shape index (κ2) is 10.2. The van der Waals surface area contributed by atoms with Gasteiger partial charge in [0.25, 0.3) is 0 Å². The van der Waals surface area contributed by atoms with E-state index in [1.165, 1.54) is 0 Å². The molecule has 1 N–H and O–H groups in total. The number of methoxy groups -OCH3 is 1. The number of hydrogen-bond donors (Lipinski definition) is 1. The van der Waals surface area contributed by atoms with Crippen molar-refractivity contribution in [2.24, 2.45) is 0 Å². The summed E-state index contributed by atoms with van der Waals surface area (Å²) in [7, 11) is 1.70. The van der Waals surface area contributed by atoms with Gasteiger partial charge in [-0.3, -0.25) is 14.7 Å². The van der Waals surface area contributed by atoms with E-state index in [1.54, 1.807) is 19.4 Å². The molecule has 1 fully saturated rings. The van der Waals surface area contributed by atoms with E-state index in [9.17, 15) is 4.79 Å². The van der Waals surface area contributed by atoms with E-state index in [4.69, 9.17) is 9.72 Å². The standard InChI is InChI=1S/C25H28N4O2/c1-31-23-10-3-2-7-20(23)17-21-8-6-9-22(27-21)19-12-15-29(16-13-19)18-25(30)28-24-11-4-5-14-26-24/h2-11,14,19H,12-13,15-18H2,1H3,(H,26,28,30). The number of likely N-dealkylation sites (tertiary alicyclic amines) is 1. The van der Waals surface area contributed by atoms with E-state index in [0.717, 1.165) is 55.1 Å². The van der Waals surface area contributed by atoms with Crippen molar-refractivity contribution in [3.8, 4) is 5.75 Å². The number of pyridine rings is 2. The largest absolute Gasteiger partial charge is 0.496 e. The summed E-state index contributed by atoms with van der Waals surface area (Å²) in [6.45, 7) is 2.17. The zero-order valence-corrected chi connectivity index (χ0v) is 17.8. The molecule has 3 aromatic rings. The summed E-state index contributed by atoms with van der Waals surface area (Å²) >= 11 is 0. The zero-order valence-electron chi connectivity index (χ0n) is 17.8. The first-order valence-corrected chi connectivity index (χ1v) is 10.7. The smallest absolute Gasteiger partial charge is 0.239 e. The minimum atomic E-state index is -0.0194. The predicted octanol–water partition coefficient (Wildman–Crippen LogP) is 3.89. The van der Waals surface area contributed by atoms with Gasteiger partial charge in [-0.1, -0.05) is 30.3 Å². The Morgan fingerprint density at radius 2 is 1.87 bits per heavy atom. The van der Waals surface area contributed by atoms with Crippen molar-refractivity contribution in [1.29, 1.82) is 0 Å². The molecular formula is C25H28N4O2. The Hall–Kier alpha value is -3.25.